The lowest BCUT2D eigenvalue weighted by Crippen LogP contribution is -2.35. The summed E-state index contributed by atoms with van der Waals surface area (Å²) in [5.41, 5.74) is -0.311. The van der Waals surface area contributed by atoms with E-state index in [1.807, 2.05) is 0 Å². The zero-order chi connectivity index (χ0) is 14.0. The number of anilines is 1. The number of nitrogens with zero attached hydrogens (tertiary/aromatic N) is 1. The van der Waals surface area contributed by atoms with Gasteiger partial charge in [-0.05, 0) is 0 Å². The van der Waals surface area contributed by atoms with E-state index in [2.05, 4.69) is 4.74 Å². The molecule has 1 heterocycles. The summed E-state index contributed by atoms with van der Waals surface area (Å²) < 4.78 is 55.4. The molecular formula is C12H11F4NO2. The zero-order valence-corrected chi connectivity index (χ0v) is 9.84. The smallest absolute Gasteiger partial charge is 0.387 e. The van der Waals surface area contributed by atoms with Gasteiger partial charge in [-0.3, -0.25) is 4.79 Å². The van der Waals surface area contributed by atoms with Gasteiger partial charge in [-0.2, -0.15) is 8.78 Å². The van der Waals surface area contributed by atoms with Crippen molar-refractivity contribution in [3.63, 3.8) is 0 Å². The predicted molar refractivity (Wildman–Crippen MR) is 59.4 cm³/mol. The molecule has 1 saturated heterocycles. The van der Waals surface area contributed by atoms with Crippen LogP contribution in [-0.2, 0) is 4.79 Å². The number of carbonyl (C=O) groups is 1. The summed E-state index contributed by atoms with van der Waals surface area (Å²) in [6.07, 6.45) is 0.433. The number of benzene rings is 1. The summed E-state index contributed by atoms with van der Waals surface area (Å²) in [6, 6.07) is 1.42. The van der Waals surface area contributed by atoms with E-state index in [1.165, 1.54) is 4.90 Å². The molecule has 0 amide bonds. The Morgan fingerprint density at radius 2 is 1.63 bits per heavy atom. The molecule has 3 nitrogen and oxygen atoms in total. The molecule has 0 spiro atoms. The number of hydrogen-bond acceptors (Lipinski definition) is 3. The first-order chi connectivity index (χ1) is 8.97. The van der Waals surface area contributed by atoms with E-state index in [9.17, 15) is 22.4 Å². The molecule has 0 N–H and O–H groups in total. The van der Waals surface area contributed by atoms with Crippen molar-refractivity contribution in [3.8, 4) is 5.75 Å². The van der Waals surface area contributed by atoms with E-state index >= 15 is 0 Å². The van der Waals surface area contributed by atoms with Crippen LogP contribution in [0.1, 0.15) is 12.8 Å². The van der Waals surface area contributed by atoms with Crippen LogP contribution in [-0.4, -0.2) is 25.5 Å². The van der Waals surface area contributed by atoms with Gasteiger partial charge in [0.25, 0.3) is 0 Å². The van der Waals surface area contributed by atoms with Gasteiger partial charge in [0, 0.05) is 38.1 Å². The zero-order valence-electron chi connectivity index (χ0n) is 9.84. The maximum Gasteiger partial charge on any atom is 0.387 e. The molecule has 7 heteroatoms. The van der Waals surface area contributed by atoms with Crippen LogP contribution < -0.4 is 9.64 Å². The summed E-state index contributed by atoms with van der Waals surface area (Å²) in [7, 11) is 0. The van der Waals surface area contributed by atoms with E-state index in [1.54, 1.807) is 0 Å². The quantitative estimate of drug-likeness (QED) is 0.796. The minimum absolute atomic E-state index is 0.0368. The molecule has 1 fully saturated rings. The van der Waals surface area contributed by atoms with Crippen molar-refractivity contribution in [2.24, 2.45) is 0 Å². The van der Waals surface area contributed by atoms with Gasteiger partial charge in [0.05, 0.1) is 0 Å². The van der Waals surface area contributed by atoms with Gasteiger partial charge in [0.15, 0.2) is 11.6 Å². The third-order valence-corrected chi connectivity index (χ3v) is 2.85. The van der Waals surface area contributed by atoms with Crippen molar-refractivity contribution >= 4 is 11.5 Å². The van der Waals surface area contributed by atoms with Gasteiger partial charge in [0.2, 0.25) is 0 Å². The number of ether oxygens (including phenoxy) is 1. The van der Waals surface area contributed by atoms with E-state index in [4.69, 9.17) is 0 Å². The lowest BCUT2D eigenvalue weighted by Gasteiger charge is -2.28. The molecule has 0 bridgehead atoms. The molecule has 1 aromatic rings. The van der Waals surface area contributed by atoms with Gasteiger partial charge < -0.3 is 9.64 Å². The Labute approximate surface area is 106 Å². The number of ketones is 1. The summed E-state index contributed by atoms with van der Waals surface area (Å²) in [4.78, 5) is 12.5. The summed E-state index contributed by atoms with van der Waals surface area (Å²) in [5.74, 6) is -2.49. The lowest BCUT2D eigenvalue weighted by atomic mass is 10.1. The fourth-order valence-electron chi connectivity index (χ4n) is 1.99. The van der Waals surface area contributed by atoms with Crippen molar-refractivity contribution in [1.82, 2.24) is 0 Å². The molecule has 19 heavy (non-hydrogen) atoms. The normalized spacial score (nSPS) is 16.1. The van der Waals surface area contributed by atoms with E-state index in [-0.39, 0.29) is 37.4 Å². The summed E-state index contributed by atoms with van der Waals surface area (Å²) in [6.45, 7) is -2.72. The number of rotatable bonds is 3. The third-order valence-electron chi connectivity index (χ3n) is 2.85. The standard InChI is InChI=1S/C12H11F4NO2/c13-9-5-8(19-12(15)16)6-10(14)11(9)17-3-1-7(18)2-4-17/h5-6,12H,1-4H2. The van der Waals surface area contributed by atoms with Gasteiger partial charge in [-0.15, -0.1) is 0 Å². The second-order valence-corrected chi connectivity index (χ2v) is 4.14. The minimum atomic E-state index is -3.14. The van der Waals surface area contributed by atoms with Crippen molar-refractivity contribution < 1.29 is 27.1 Å². The van der Waals surface area contributed by atoms with Crippen molar-refractivity contribution in [1.29, 1.82) is 0 Å². The predicted octanol–water partition coefficient (Wildman–Crippen LogP) is 2.74. The molecule has 1 aromatic carbocycles. The minimum Gasteiger partial charge on any atom is -0.435 e. The van der Waals surface area contributed by atoms with E-state index < -0.39 is 24.0 Å². The van der Waals surface area contributed by atoms with Crippen LogP contribution in [0.25, 0.3) is 0 Å². The van der Waals surface area contributed by atoms with Gasteiger partial charge in [0.1, 0.15) is 17.2 Å². The maximum absolute atomic E-state index is 13.8. The SMILES string of the molecule is O=C1CCN(c2c(F)cc(OC(F)F)cc2F)CC1. The first-order valence-electron chi connectivity index (χ1n) is 5.68. The van der Waals surface area contributed by atoms with Gasteiger partial charge in [-0.1, -0.05) is 0 Å². The van der Waals surface area contributed by atoms with Crippen LogP contribution in [0.2, 0.25) is 0 Å². The molecule has 0 radical (unpaired) electrons. The fourth-order valence-corrected chi connectivity index (χ4v) is 1.99. The number of alkyl halides is 2. The van der Waals surface area contributed by atoms with Crippen LogP contribution in [0.4, 0.5) is 23.2 Å². The number of hydrogen-bond donors (Lipinski definition) is 0. The lowest BCUT2D eigenvalue weighted by molar-refractivity contribution is -0.119. The highest BCUT2D eigenvalue weighted by molar-refractivity contribution is 5.81. The number of carbonyl (C=O) groups excluding carboxylic acids is 1. The Morgan fingerprint density at radius 3 is 2.11 bits per heavy atom. The van der Waals surface area contributed by atoms with Crippen LogP contribution in [0.3, 0.4) is 0 Å². The van der Waals surface area contributed by atoms with Crippen LogP contribution in [0.5, 0.6) is 5.75 Å². The van der Waals surface area contributed by atoms with Crippen LogP contribution >= 0.6 is 0 Å². The Morgan fingerprint density at radius 1 is 1.11 bits per heavy atom. The maximum atomic E-state index is 13.8. The van der Waals surface area contributed by atoms with Gasteiger partial charge >= 0.3 is 6.61 Å². The van der Waals surface area contributed by atoms with Crippen LogP contribution in [0, 0.1) is 11.6 Å². The molecule has 0 atom stereocenters. The first-order valence-corrected chi connectivity index (χ1v) is 5.68. The molecule has 104 valence electrons. The summed E-state index contributed by atoms with van der Waals surface area (Å²) >= 11 is 0. The molecule has 0 saturated carbocycles. The van der Waals surface area contributed by atoms with Crippen molar-refractivity contribution in [3.05, 3.63) is 23.8 Å². The van der Waals surface area contributed by atoms with E-state index in [0.29, 0.717) is 12.1 Å². The number of halogens is 4. The molecule has 0 aliphatic carbocycles. The largest absolute Gasteiger partial charge is 0.435 e. The third kappa shape index (κ3) is 3.15. The highest BCUT2D eigenvalue weighted by atomic mass is 19.3. The fraction of sp³-hybridized carbons (Fsp3) is 0.417. The molecule has 2 rings (SSSR count). The number of Topliss-reactive ketones (excluding diaryl/α,β-unsaturated/α-hetero) is 1. The Balaban J connectivity index is 2.24. The molecule has 0 unspecified atom stereocenters. The first kappa shape index (κ1) is 13.6. The van der Waals surface area contributed by atoms with E-state index in [0.717, 1.165) is 0 Å². The average Bonchev–Trinajstić information content (AvgIpc) is 2.29. The highest BCUT2D eigenvalue weighted by Crippen LogP contribution is 2.30. The molecule has 1 aliphatic rings. The van der Waals surface area contributed by atoms with Crippen LogP contribution in [0.15, 0.2) is 12.1 Å². The Bertz CT molecular complexity index is 460. The highest BCUT2D eigenvalue weighted by Gasteiger charge is 2.23. The summed E-state index contributed by atoms with van der Waals surface area (Å²) in [5, 5.41) is 0. The second kappa shape index (κ2) is 5.46. The second-order valence-electron chi connectivity index (χ2n) is 4.14. The topological polar surface area (TPSA) is 29.5 Å². The Kier molecular flexibility index (Phi) is 3.92. The Hall–Kier alpha value is -1.79. The van der Waals surface area contributed by atoms with Crippen molar-refractivity contribution in [2.75, 3.05) is 18.0 Å². The van der Waals surface area contributed by atoms with Crippen molar-refractivity contribution in [2.45, 2.75) is 19.5 Å². The molecule has 1 aliphatic heterocycles. The average molecular weight is 277 g/mol. The monoisotopic (exact) mass is 277 g/mol. The molecular weight excluding hydrogens is 266 g/mol. The van der Waals surface area contributed by atoms with Gasteiger partial charge in [-0.25, -0.2) is 8.78 Å². The molecule has 0 aromatic heterocycles. The number of piperidine rings is 1.